The first-order valence-corrected chi connectivity index (χ1v) is 3.67. The molecule has 0 amide bonds. The van der Waals surface area contributed by atoms with Crippen LogP contribution in [0, 0.1) is 0 Å². The van der Waals surface area contributed by atoms with Crippen molar-refractivity contribution in [3.05, 3.63) is 0 Å². The van der Waals surface area contributed by atoms with Gasteiger partial charge in [0, 0.05) is 7.47 Å². The van der Waals surface area contributed by atoms with E-state index in [1.165, 1.54) is 19.4 Å². The smallest absolute Gasteiger partial charge is 0.00765 e. The summed E-state index contributed by atoms with van der Waals surface area (Å²) in [5, 5.41) is 3.30. The van der Waals surface area contributed by atoms with E-state index in [1.54, 1.807) is 0 Å². The van der Waals surface area contributed by atoms with Crippen LogP contribution in [0.4, 0.5) is 0 Å². The molecule has 0 aromatic heterocycles. The average Bonchev–Trinajstić information content (AvgIpc) is 1.69. The summed E-state index contributed by atoms with van der Waals surface area (Å²) >= 11 is 0. The highest BCUT2D eigenvalue weighted by Gasteiger charge is 2.11. The summed E-state index contributed by atoms with van der Waals surface area (Å²) in [4.78, 5) is 0. The maximum Gasteiger partial charge on any atom is 0.00765 e. The van der Waals surface area contributed by atoms with Gasteiger partial charge in [0.05, 0.1) is 0 Å². The molecule has 1 nitrogen and oxygen atoms in total. The van der Waals surface area contributed by atoms with Crippen molar-refractivity contribution in [3.8, 4) is 0 Å². The lowest BCUT2D eigenvalue weighted by molar-refractivity contribution is 0.362. The van der Waals surface area contributed by atoms with Gasteiger partial charge < -0.3 is 5.32 Å². The lowest BCUT2D eigenvalue weighted by Gasteiger charge is -2.25. The highest BCUT2D eigenvalue weighted by molar-refractivity contribution is 4.74. The second-order valence-corrected chi connectivity index (χ2v) is 1.85. The molecule has 0 saturated carbocycles. The predicted molar refractivity (Wildman–Crippen MR) is 40.2 cm³/mol. The van der Waals surface area contributed by atoms with Crippen LogP contribution >= 0.6 is 0 Å². The Kier molecular flexibility index (Phi) is 5.08. The maximum absolute atomic E-state index is 3.30. The molecule has 1 heteroatoms. The van der Waals surface area contributed by atoms with Crippen LogP contribution in [-0.4, -0.2) is 12.6 Å². The van der Waals surface area contributed by atoms with Gasteiger partial charge in [0.25, 0.3) is 0 Å². The van der Waals surface area contributed by atoms with Crippen molar-refractivity contribution in [3.63, 3.8) is 0 Å². The Morgan fingerprint density at radius 2 is 2.12 bits per heavy atom. The maximum atomic E-state index is 3.30. The molecule has 1 atom stereocenters. The summed E-state index contributed by atoms with van der Waals surface area (Å²) in [5.41, 5.74) is 0. The van der Waals surface area contributed by atoms with E-state index in [0.717, 1.165) is 6.04 Å². The minimum Gasteiger partial charge on any atom is -0.314 e. The SMILES string of the molecule is CC.CCC1CCN1.[HH]. The Labute approximate surface area is 54.0 Å². The fourth-order valence-electron chi connectivity index (χ4n) is 0.697. The molecule has 52 valence electrons. The summed E-state index contributed by atoms with van der Waals surface area (Å²) in [6, 6.07) is 0.866. The predicted octanol–water partition coefficient (Wildman–Crippen LogP) is 2.03. The third kappa shape index (κ3) is 2.31. The molecule has 0 bridgehead atoms. The van der Waals surface area contributed by atoms with Crippen molar-refractivity contribution in [2.24, 2.45) is 0 Å². The summed E-state index contributed by atoms with van der Waals surface area (Å²) < 4.78 is 0. The molecule has 1 aliphatic heterocycles. The molecule has 1 rings (SSSR count). The van der Waals surface area contributed by atoms with Crippen molar-refractivity contribution in [2.45, 2.75) is 39.7 Å². The lowest BCUT2D eigenvalue weighted by atomic mass is 10.1. The fraction of sp³-hybridized carbons (Fsp3) is 1.00. The number of hydrogen-bond acceptors (Lipinski definition) is 1. The molecule has 0 aliphatic carbocycles. The van der Waals surface area contributed by atoms with Crippen molar-refractivity contribution in [1.82, 2.24) is 5.32 Å². The van der Waals surface area contributed by atoms with Gasteiger partial charge in [-0.3, -0.25) is 0 Å². The number of nitrogens with one attached hydrogen (secondary N) is 1. The molecule has 1 heterocycles. The Balaban J connectivity index is 0. The van der Waals surface area contributed by atoms with Crippen LogP contribution < -0.4 is 5.32 Å². The van der Waals surface area contributed by atoms with Crippen molar-refractivity contribution < 1.29 is 1.43 Å². The van der Waals surface area contributed by atoms with Crippen molar-refractivity contribution in [2.75, 3.05) is 6.54 Å². The highest BCUT2D eigenvalue weighted by Crippen LogP contribution is 2.03. The molecule has 1 aliphatic rings. The summed E-state index contributed by atoms with van der Waals surface area (Å²) in [6.45, 7) is 7.47. The first-order valence-electron chi connectivity index (χ1n) is 3.67. The minimum absolute atomic E-state index is 0. The van der Waals surface area contributed by atoms with E-state index >= 15 is 0 Å². The third-order valence-corrected chi connectivity index (χ3v) is 1.42. The van der Waals surface area contributed by atoms with Crippen LogP contribution in [0.1, 0.15) is 35.0 Å². The van der Waals surface area contributed by atoms with Gasteiger partial charge in [-0.25, -0.2) is 0 Å². The number of hydrogen-bond donors (Lipinski definition) is 1. The molecular weight excluding hydrogens is 98.1 g/mol. The topological polar surface area (TPSA) is 12.0 Å². The van der Waals surface area contributed by atoms with Gasteiger partial charge in [-0.1, -0.05) is 20.8 Å². The first kappa shape index (κ1) is 7.96. The third-order valence-electron chi connectivity index (χ3n) is 1.42. The summed E-state index contributed by atoms with van der Waals surface area (Å²) in [7, 11) is 0. The van der Waals surface area contributed by atoms with Gasteiger partial charge in [-0.2, -0.15) is 0 Å². The van der Waals surface area contributed by atoms with E-state index in [4.69, 9.17) is 0 Å². The normalized spacial score (nSPS) is 25.1. The van der Waals surface area contributed by atoms with E-state index in [0.29, 0.717) is 0 Å². The zero-order chi connectivity index (χ0) is 6.41. The summed E-state index contributed by atoms with van der Waals surface area (Å²) in [6.07, 6.45) is 2.70. The second-order valence-electron chi connectivity index (χ2n) is 1.85. The molecule has 0 radical (unpaired) electrons. The monoisotopic (exact) mass is 117 g/mol. The molecule has 1 unspecified atom stereocenters. The Hall–Kier alpha value is -0.0400. The zero-order valence-corrected chi connectivity index (χ0v) is 6.20. The van der Waals surface area contributed by atoms with Crippen molar-refractivity contribution in [1.29, 1.82) is 0 Å². The molecule has 1 N–H and O–H groups in total. The van der Waals surface area contributed by atoms with Crippen molar-refractivity contribution >= 4 is 0 Å². The largest absolute Gasteiger partial charge is 0.314 e. The van der Waals surface area contributed by atoms with Crippen LogP contribution in [0.3, 0.4) is 0 Å². The van der Waals surface area contributed by atoms with E-state index < -0.39 is 0 Å². The van der Waals surface area contributed by atoms with Crippen LogP contribution in [0.5, 0.6) is 0 Å². The quantitative estimate of drug-likeness (QED) is 0.554. The average molecular weight is 117 g/mol. The van der Waals surface area contributed by atoms with Gasteiger partial charge in [-0.05, 0) is 19.4 Å². The molecule has 0 spiro atoms. The van der Waals surface area contributed by atoms with E-state index in [9.17, 15) is 0 Å². The fourth-order valence-corrected chi connectivity index (χ4v) is 0.697. The molecule has 8 heavy (non-hydrogen) atoms. The van der Waals surface area contributed by atoms with Crippen LogP contribution in [0.15, 0.2) is 0 Å². The van der Waals surface area contributed by atoms with Gasteiger partial charge in [0.2, 0.25) is 0 Å². The van der Waals surface area contributed by atoms with Crippen LogP contribution in [-0.2, 0) is 0 Å². The molecule has 0 aromatic rings. The molecule has 1 saturated heterocycles. The minimum atomic E-state index is 0. The van der Waals surface area contributed by atoms with E-state index in [-0.39, 0.29) is 1.43 Å². The van der Waals surface area contributed by atoms with Gasteiger partial charge in [0.1, 0.15) is 0 Å². The van der Waals surface area contributed by atoms with Crippen LogP contribution in [0.2, 0.25) is 0 Å². The zero-order valence-electron chi connectivity index (χ0n) is 6.20. The van der Waals surface area contributed by atoms with Gasteiger partial charge in [-0.15, -0.1) is 0 Å². The lowest BCUT2D eigenvalue weighted by Crippen LogP contribution is -2.41. The van der Waals surface area contributed by atoms with Gasteiger partial charge in [0.15, 0.2) is 0 Å². The standard InChI is InChI=1S/C5H11N.C2H6.H2/c1-2-5-3-4-6-5;1-2;/h5-6H,2-4H2,1H3;1-2H3;1H. The Morgan fingerprint density at radius 3 is 2.12 bits per heavy atom. The van der Waals surface area contributed by atoms with E-state index in [2.05, 4.69) is 12.2 Å². The van der Waals surface area contributed by atoms with Crippen LogP contribution in [0.25, 0.3) is 0 Å². The molecular formula is C7H19N. The van der Waals surface area contributed by atoms with Gasteiger partial charge >= 0.3 is 0 Å². The Bertz CT molecular complexity index is 41.4. The number of rotatable bonds is 1. The second kappa shape index (κ2) is 5.10. The first-order chi connectivity index (χ1) is 3.93. The molecule has 0 aromatic carbocycles. The Morgan fingerprint density at radius 1 is 1.62 bits per heavy atom. The summed E-state index contributed by atoms with van der Waals surface area (Å²) in [5.74, 6) is 0. The van der Waals surface area contributed by atoms with E-state index in [1.807, 2.05) is 13.8 Å². The highest BCUT2D eigenvalue weighted by atomic mass is 15.0. The molecule has 1 fully saturated rings.